The van der Waals surface area contributed by atoms with E-state index in [0.717, 1.165) is 25.7 Å². The Labute approximate surface area is 102 Å². The number of rotatable bonds is 3. The van der Waals surface area contributed by atoms with E-state index in [0.29, 0.717) is 26.2 Å². The maximum absolute atomic E-state index is 12.2. The Bertz CT molecular complexity index is 277. The van der Waals surface area contributed by atoms with Crippen molar-refractivity contribution in [2.24, 2.45) is 5.73 Å². The molecular weight excluding hydrogens is 220 g/mol. The highest BCUT2D eigenvalue weighted by atomic mass is 16.5. The summed E-state index contributed by atoms with van der Waals surface area (Å²) in [6.45, 7) is 1.52. The maximum atomic E-state index is 12.2. The number of hydrogen-bond donors (Lipinski definition) is 2. The average Bonchev–Trinajstić information content (AvgIpc) is 2.75. The van der Waals surface area contributed by atoms with E-state index in [-0.39, 0.29) is 24.1 Å². The van der Waals surface area contributed by atoms with E-state index in [1.165, 1.54) is 0 Å². The molecule has 3 N–H and O–H groups in total. The lowest BCUT2D eigenvalue weighted by molar-refractivity contribution is -0.142. The van der Waals surface area contributed by atoms with Crippen LogP contribution >= 0.6 is 0 Å². The molecule has 0 aromatic heterocycles. The molecule has 1 saturated heterocycles. The van der Waals surface area contributed by atoms with Crippen LogP contribution in [0.5, 0.6) is 0 Å². The monoisotopic (exact) mass is 242 g/mol. The van der Waals surface area contributed by atoms with Crippen molar-refractivity contribution in [1.82, 2.24) is 4.90 Å². The van der Waals surface area contributed by atoms with Gasteiger partial charge in [-0.15, -0.1) is 0 Å². The summed E-state index contributed by atoms with van der Waals surface area (Å²) in [4.78, 5) is 13.9. The first-order chi connectivity index (χ1) is 8.14. The Hall–Kier alpha value is -0.650. The summed E-state index contributed by atoms with van der Waals surface area (Å²) >= 11 is 0. The molecule has 2 fully saturated rings. The molecule has 0 aromatic carbocycles. The number of hydrogen-bond acceptors (Lipinski definition) is 4. The molecule has 0 spiro atoms. The van der Waals surface area contributed by atoms with E-state index >= 15 is 0 Å². The maximum Gasteiger partial charge on any atom is 0.224 e. The van der Waals surface area contributed by atoms with Gasteiger partial charge in [-0.25, -0.2) is 0 Å². The van der Waals surface area contributed by atoms with Crippen LogP contribution in [-0.4, -0.2) is 53.9 Å². The van der Waals surface area contributed by atoms with Crippen LogP contribution in [0.1, 0.15) is 32.1 Å². The molecule has 0 aromatic rings. The zero-order valence-electron chi connectivity index (χ0n) is 10.2. The molecular formula is C12H22N2O3. The molecule has 1 aliphatic carbocycles. The van der Waals surface area contributed by atoms with E-state index in [1.807, 2.05) is 0 Å². The summed E-state index contributed by atoms with van der Waals surface area (Å²) in [7, 11) is 0. The Balaban J connectivity index is 1.93. The molecule has 5 nitrogen and oxygen atoms in total. The number of nitrogens with zero attached hydrogens (tertiary/aromatic N) is 1. The Kier molecular flexibility index (Phi) is 4.01. The van der Waals surface area contributed by atoms with Crippen LogP contribution in [0, 0.1) is 0 Å². The van der Waals surface area contributed by atoms with E-state index in [4.69, 9.17) is 10.5 Å². The number of aliphatic hydroxyl groups excluding tert-OH is 1. The van der Waals surface area contributed by atoms with Gasteiger partial charge < -0.3 is 20.5 Å². The molecule has 98 valence electrons. The predicted octanol–water partition coefficient (Wildman–Crippen LogP) is -0.132. The van der Waals surface area contributed by atoms with Gasteiger partial charge in [0.2, 0.25) is 5.91 Å². The topological polar surface area (TPSA) is 75.8 Å². The number of ether oxygens (including phenoxy) is 1. The third kappa shape index (κ3) is 2.97. The highest BCUT2D eigenvalue weighted by Gasteiger charge is 2.35. The lowest BCUT2D eigenvalue weighted by Crippen LogP contribution is -2.53. The van der Waals surface area contributed by atoms with Crippen molar-refractivity contribution < 1.29 is 14.6 Å². The second kappa shape index (κ2) is 5.33. The van der Waals surface area contributed by atoms with E-state index in [9.17, 15) is 9.90 Å². The van der Waals surface area contributed by atoms with Crippen LogP contribution < -0.4 is 5.73 Å². The molecule has 1 saturated carbocycles. The van der Waals surface area contributed by atoms with Gasteiger partial charge in [0.25, 0.3) is 0 Å². The minimum absolute atomic E-state index is 0.0384. The predicted molar refractivity (Wildman–Crippen MR) is 63.4 cm³/mol. The average molecular weight is 242 g/mol. The van der Waals surface area contributed by atoms with Gasteiger partial charge in [-0.2, -0.15) is 0 Å². The number of carbonyl (C=O) groups is 1. The van der Waals surface area contributed by atoms with Crippen LogP contribution in [0.3, 0.4) is 0 Å². The van der Waals surface area contributed by atoms with E-state index in [1.54, 1.807) is 4.90 Å². The molecule has 1 aliphatic heterocycles. The standard InChI is InChI=1S/C12H22N2O3/c13-12(3-1-2-4-12)7-11(16)14-5-6-17-9-10(14)8-15/h10,15H,1-9,13H2. The fraction of sp³-hybridized carbons (Fsp3) is 0.917. The van der Waals surface area contributed by atoms with Crippen molar-refractivity contribution in [3.05, 3.63) is 0 Å². The fourth-order valence-corrected chi connectivity index (χ4v) is 2.79. The zero-order chi connectivity index (χ0) is 12.3. The lowest BCUT2D eigenvalue weighted by Gasteiger charge is -2.36. The number of amides is 1. The van der Waals surface area contributed by atoms with Gasteiger partial charge in [-0.1, -0.05) is 12.8 Å². The number of aliphatic hydroxyl groups is 1. The molecule has 5 heteroatoms. The van der Waals surface area contributed by atoms with E-state index < -0.39 is 0 Å². The Morgan fingerprint density at radius 3 is 2.82 bits per heavy atom. The number of morpholine rings is 1. The minimum atomic E-state index is -0.310. The second-order valence-electron chi connectivity index (χ2n) is 5.24. The van der Waals surface area contributed by atoms with Gasteiger partial charge in [0.05, 0.1) is 25.9 Å². The number of carbonyl (C=O) groups excluding carboxylic acids is 1. The molecule has 1 heterocycles. The van der Waals surface area contributed by atoms with Gasteiger partial charge >= 0.3 is 0 Å². The lowest BCUT2D eigenvalue weighted by atomic mass is 9.93. The SMILES string of the molecule is NC1(CC(=O)N2CCOCC2CO)CCCC1. The van der Waals surface area contributed by atoms with Crippen LogP contribution in [0.15, 0.2) is 0 Å². The molecule has 0 radical (unpaired) electrons. The van der Waals surface area contributed by atoms with Crippen molar-refractivity contribution in [3.63, 3.8) is 0 Å². The zero-order valence-corrected chi connectivity index (χ0v) is 10.2. The summed E-state index contributed by atoms with van der Waals surface area (Å²) in [6.07, 6.45) is 4.52. The van der Waals surface area contributed by atoms with Crippen LogP contribution in [-0.2, 0) is 9.53 Å². The fourth-order valence-electron chi connectivity index (χ4n) is 2.79. The third-order valence-corrected chi connectivity index (χ3v) is 3.86. The summed E-state index contributed by atoms with van der Waals surface area (Å²) in [5.74, 6) is 0.0664. The quantitative estimate of drug-likeness (QED) is 0.722. The Morgan fingerprint density at radius 2 is 2.18 bits per heavy atom. The molecule has 1 unspecified atom stereocenters. The molecule has 1 atom stereocenters. The smallest absolute Gasteiger partial charge is 0.224 e. The Morgan fingerprint density at radius 1 is 1.47 bits per heavy atom. The highest BCUT2D eigenvalue weighted by Crippen LogP contribution is 2.30. The summed E-state index contributed by atoms with van der Waals surface area (Å²) in [6, 6.07) is -0.193. The summed E-state index contributed by atoms with van der Waals surface area (Å²) in [5, 5.41) is 9.23. The van der Waals surface area contributed by atoms with Crippen molar-refractivity contribution in [2.75, 3.05) is 26.4 Å². The molecule has 0 bridgehead atoms. The molecule has 2 aliphatic rings. The molecule has 2 rings (SSSR count). The van der Waals surface area contributed by atoms with Gasteiger partial charge in [-0.05, 0) is 12.8 Å². The number of nitrogens with two attached hydrogens (primary N) is 1. The highest BCUT2D eigenvalue weighted by molar-refractivity contribution is 5.78. The van der Waals surface area contributed by atoms with Crippen molar-refractivity contribution in [2.45, 2.75) is 43.7 Å². The minimum Gasteiger partial charge on any atom is -0.394 e. The van der Waals surface area contributed by atoms with Crippen molar-refractivity contribution in [3.8, 4) is 0 Å². The van der Waals surface area contributed by atoms with Crippen molar-refractivity contribution in [1.29, 1.82) is 0 Å². The van der Waals surface area contributed by atoms with Crippen LogP contribution in [0.2, 0.25) is 0 Å². The second-order valence-corrected chi connectivity index (χ2v) is 5.24. The van der Waals surface area contributed by atoms with Crippen molar-refractivity contribution >= 4 is 5.91 Å². The van der Waals surface area contributed by atoms with E-state index in [2.05, 4.69) is 0 Å². The molecule has 1 amide bonds. The van der Waals surface area contributed by atoms with Gasteiger partial charge in [0.1, 0.15) is 0 Å². The van der Waals surface area contributed by atoms with Gasteiger partial charge in [-0.3, -0.25) is 4.79 Å². The summed E-state index contributed by atoms with van der Waals surface area (Å²) < 4.78 is 5.26. The van der Waals surface area contributed by atoms with Crippen LogP contribution in [0.4, 0.5) is 0 Å². The first-order valence-corrected chi connectivity index (χ1v) is 6.42. The third-order valence-electron chi connectivity index (χ3n) is 3.86. The first kappa shape index (κ1) is 12.8. The van der Waals surface area contributed by atoms with Gasteiger partial charge in [0.15, 0.2) is 0 Å². The first-order valence-electron chi connectivity index (χ1n) is 6.42. The summed E-state index contributed by atoms with van der Waals surface area (Å²) in [5.41, 5.74) is 5.90. The van der Waals surface area contributed by atoms with Gasteiger partial charge in [0, 0.05) is 18.5 Å². The molecule has 17 heavy (non-hydrogen) atoms. The van der Waals surface area contributed by atoms with Crippen LogP contribution in [0.25, 0.3) is 0 Å². The largest absolute Gasteiger partial charge is 0.394 e. The normalized spacial score (nSPS) is 28.4.